The van der Waals surface area contributed by atoms with E-state index in [-0.39, 0.29) is 0 Å². The van der Waals surface area contributed by atoms with Gasteiger partial charge in [0.2, 0.25) is 0 Å². The lowest BCUT2D eigenvalue weighted by Crippen LogP contribution is -1.97. The Morgan fingerprint density at radius 2 is 1.92 bits per heavy atom. The molecule has 0 bridgehead atoms. The molecular weight excluding hydrogens is 168 g/mol. The molecular formula is C10H8O3. The lowest BCUT2D eigenvalue weighted by atomic mass is 10.1. The van der Waals surface area contributed by atoms with Crippen molar-refractivity contribution >= 4 is 6.16 Å². The zero-order valence-corrected chi connectivity index (χ0v) is 6.90. The second kappa shape index (κ2) is 2.94. The summed E-state index contributed by atoms with van der Waals surface area (Å²) in [4.78, 5) is 10.7. The minimum atomic E-state index is -0.682. The van der Waals surface area contributed by atoms with Gasteiger partial charge < -0.3 is 9.47 Å². The van der Waals surface area contributed by atoms with Gasteiger partial charge in [-0.25, -0.2) is 4.79 Å². The maximum absolute atomic E-state index is 10.7. The molecule has 0 N–H and O–H groups in total. The Bertz CT molecular complexity index is 342. The molecule has 1 aliphatic rings. The van der Waals surface area contributed by atoms with E-state index in [1.165, 1.54) is 0 Å². The first-order valence-corrected chi connectivity index (χ1v) is 3.89. The van der Waals surface area contributed by atoms with E-state index in [0.717, 1.165) is 5.56 Å². The second-order valence-electron chi connectivity index (χ2n) is 2.73. The second-order valence-corrected chi connectivity index (χ2v) is 2.73. The summed E-state index contributed by atoms with van der Waals surface area (Å²) < 4.78 is 9.57. The summed E-state index contributed by atoms with van der Waals surface area (Å²) in [6.07, 6.45) is -1.13. The number of ether oxygens (including phenoxy) is 2. The molecule has 0 aromatic heterocycles. The summed E-state index contributed by atoms with van der Waals surface area (Å²) >= 11 is 0. The molecule has 1 saturated heterocycles. The van der Waals surface area contributed by atoms with Crippen LogP contribution < -0.4 is 0 Å². The van der Waals surface area contributed by atoms with E-state index in [1.807, 2.05) is 30.3 Å². The Morgan fingerprint density at radius 1 is 1.23 bits per heavy atom. The topological polar surface area (TPSA) is 35.5 Å². The van der Waals surface area contributed by atoms with Crippen molar-refractivity contribution in [1.29, 1.82) is 0 Å². The molecule has 0 spiro atoms. The Labute approximate surface area is 75.6 Å². The van der Waals surface area contributed by atoms with Crippen LogP contribution in [-0.4, -0.2) is 6.16 Å². The van der Waals surface area contributed by atoms with Gasteiger partial charge in [-0.15, -0.1) is 0 Å². The Hall–Kier alpha value is -1.77. The van der Waals surface area contributed by atoms with Gasteiger partial charge in [0, 0.05) is 5.56 Å². The molecule has 1 aromatic carbocycles. The zero-order valence-electron chi connectivity index (χ0n) is 6.90. The van der Waals surface area contributed by atoms with Crippen LogP contribution in [-0.2, 0) is 9.47 Å². The number of cyclic esters (lactones) is 2. The average molecular weight is 176 g/mol. The SMILES string of the molecule is C=C1OC(=O)OC1c1ccccc1. The van der Waals surface area contributed by atoms with Crippen molar-refractivity contribution in [1.82, 2.24) is 0 Å². The van der Waals surface area contributed by atoms with Crippen molar-refractivity contribution in [2.45, 2.75) is 6.10 Å². The number of carbonyl (C=O) groups excluding carboxylic acids is 1. The summed E-state index contributed by atoms with van der Waals surface area (Å²) in [5.41, 5.74) is 0.873. The quantitative estimate of drug-likeness (QED) is 0.616. The highest BCUT2D eigenvalue weighted by Crippen LogP contribution is 2.31. The third kappa shape index (κ3) is 1.40. The van der Waals surface area contributed by atoms with E-state index in [9.17, 15) is 4.79 Å². The fraction of sp³-hybridized carbons (Fsp3) is 0.100. The molecule has 0 radical (unpaired) electrons. The van der Waals surface area contributed by atoms with Gasteiger partial charge >= 0.3 is 6.16 Å². The monoisotopic (exact) mass is 176 g/mol. The molecule has 66 valence electrons. The van der Waals surface area contributed by atoms with Gasteiger partial charge in [-0.05, 0) is 0 Å². The van der Waals surface area contributed by atoms with Crippen molar-refractivity contribution in [2.24, 2.45) is 0 Å². The van der Waals surface area contributed by atoms with Crippen LogP contribution in [0.2, 0.25) is 0 Å². The van der Waals surface area contributed by atoms with E-state index in [1.54, 1.807) is 0 Å². The fourth-order valence-electron chi connectivity index (χ4n) is 1.23. The van der Waals surface area contributed by atoms with Crippen molar-refractivity contribution < 1.29 is 14.3 Å². The number of hydrogen-bond donors (Lipinski definition) is 0. The molecule has 3 heteroatoms. The maximum Gasteiger partial charge on any atom is 0.514 e. The van der Waals surface area contributed by atoms with Crippen LogP contribution >= 0.6 is 0 Å². The summed E-state index contributed by atoms with van der Waals surface area (Å²) in [6.45, 7) is 3.59. The smallest absolute Gasteiger partial charge is 0.418 e. The average Bonchev–Trinajstić information content (AvgIpc) is 2.47. The summed E-state index contributed by atoms with van der Waals surface area (Å²) in [5.74, 6) is 0.344. The molecule has 0 amide bonds. The van der Waals surface area contributed by atoms with Crippen LogP contribution in [0.4, 0.5) is 4.79 Å². The molecule has 0 aliphatic carbocycles. The summed E-state index contributed by atoms with van der Waals surface area (Å²) in [5, 5.41) is 0. The fourth-order valence-corrected chi connectivity index (χ4v) is 1.23. The molecule has 0 saturated carbocycles. The number of hydrogen-bond acceptors (Lipinski definition) is 3. The highest BCUT2D eigenvalue weighted by atomic mass is 16.8. The predicted molar refractivity (Wildman–Crippen MR) is 45.9 cm³/mol. The third-order valence-corrected chi connectivity index (χ3v) is 1.82. The van der Waals surface area contributed by atoms with Crippen LogP contribution in [0, 0.1) is 0 Å². The summed E-state index contributed by atoms with van der Waals surface area (Å²) in [6, 6.07) is 9.35. The molecule has 1 atom stereocenters. The van der Waals surface area contributed by atoms with Gasteiger partial charge in [0.05, 0.1) is 0 Å². The van der Waals surface area contributed by atoms with Crippen LogP contribution in [0.25, 0.3) is 0 Å². The zero-order chi connectivity index (χ0) is 9.26. The van der Waals surface area contributed by atoms with Crippen molar-refractivity contribution in [3.8, 4) is 0 Å². The van der Waals surface area contributed by atoms with Gasteiger partial charge in [0.1, 0.15) is 5.76 Å². The molecule has 1 aromatic rings. The molecule has 13 heavy (non-hydrogen) atoms. The number of rotatable bonds is 1. The molecule has 3 nitrogen and oxygen atoms in total. The van der Waals surface area contributed by atoms with Gasteiger partial charge in [-0.2, -0.15) is 0 Å². The maximum atomic E-state index is 10.7. The van der Waals surface area contributed by atoms with Crippen LogP contribution in [0.15, 0.2) is 42.7 Å². The Morgan fingerprint density at radius 3 is 2.46 bits per heavy atom. The normalized spacial score (nSPS) is 21.1. The van der Waals surface area contributed by atoms with Crippen molar-refractivity contribution in [3.05, 3.63) is 48.2 Å². The lowest BCUT2D eigenvalue weighted by Gasteiger charge is -2.05. The van der Waals surface area contributed by atoms with E-state index in [2.05, 4.69) is 11.3 Å². The first-order chi connectivity index (χ1) is 6.27. The highest BCUT2D eigenvalue weighted by molar-refractivity contribution is 5.65. The van der Waals surface area contributed by atoms with Crippen molar-refractivity contribution in [3.63, 3.8) is 0 Å². The van der Waals surface area contributed by atoms with E-state index in [4.69, 9.17) is 4.74 Å². The van der Waals surface area contributed by atoms with E-state index in [0.29, 0.717) is 5.76 Å². The lowest BCUT2D eigenvalue weighted by molar-refractivity contribution is 0.118. The van der Waals surface area contributed by atoms with Crippen LogP contribution in [0.5, 0.6) is 0 Å². The van der Waals surface area contributed by atoms with Crippen LogP contribution in [0.1, 0.15) is 11.7 Å². The van der Waals surface area contributed by atoms with Crippen LogP contribution in [0.3, 0.4) is 0 Å². The molecule has 1 aliphatic heterocycles. The Kier molecular flexibility index (Phi) is 1.77. The van der Waals surface area contributed by atoms with Gasteiger partial charge in [0.15, 0.2) is 6.10 Å². The minimum Gasteiger partial charge on any atom is -0.418 e. The standard InChI is InChI=1S/C10H8O3/c1-7-9(13-10(11)12-7)8-5-3-2-4-6-8/h2-6,9H,1H2. The first kappa shape index (κ1) is 7.86. The van der Waals surface area contributed by atoms with Gasteiger partial charge in [-0.3, -0.25) is 0 Å². The van der Waals surface area contributed by atoms with Gasteiger partial charge in [-0.1, -0.05) is 36.9 Å². The first-order valence-electron chi connectivity index (χ1n) is 3.89. The van der Waals surface area contributed by atoms with Crippen molar-refractivity contribution in [2.75, 3.05) is 0 Å². The number of carbonyl (C=O) groups is 1. The van der Waals surface area contributed by atoms with Gasteiger partial charge in [0.25, 0.3) is 0 Å². The molecule has 1 heterocycles. The molecule has 1 fully saturated rings. The van der Waals surface area contributed by atoms with E-state index >= 15 is 0 Å². The Balaban J connectivity index is 2.28. The number of benzene rings is 1. The third-order valence-electron chi connectivity index (χ3n) is 1.82. The predicted octanol–water partition coefficient (Wildman–Crippen LogP) is 2.41. The largest absolute Gasteiger partial charge is 0.514 e. The van der Waals surface area contributed by atoms with E-state index < -0.39 is 12.3 Å². The molecule has 2 rings (SSSR count). The molecule has 1 unspecified atom stereocenters. The minimum absolute atomic E-state index is 0.344. The summed E-state index contributed by atoms with van der Waals surface area (Å²) in [7, 11) is 0. The highest BCUT2D eigenvalue weighted by Gasteiger charge is 2.30.